The number of hydrogen-bond acceptors (Lipinski definition) is 4. The van der Waals surface area contributed by atoms with E-state index < -0.39 is 0 Å². The first-order chi connectivity index (χ1) is 11.2. The van der Waals surface area contributed by atoms with Gasteiger partial charge in [0.2, 0.25) is 5.91 Å². The van der Waals surface area contributed by atoms with E-state index in [9.17, 15) is 4.79 Å². The van der Waals surface area contributed by atoms with Gasteiger partial charge in [-0.25, -0.2) is 0 Å². The third kappa shape index (κ3) is 2.63. The summed E-state index contributed by atoms with van der Waals surface area (Å²) >= 11 is 0. The largest absolute Gasteiger partial charge is 0.469 e. The SMILES string of the molecule is Cn1cnnc1-c1cccc(NC(=O)[C@H]2C[C@H]2c2ccco2)c1. The standard InChI is InChI=1S/C17H16N4O2/c1-21-10-18-20-16(21)11-4-2-5-12(8-11)19-17(22)14-9-13(14)15-6-3-7-23-15/h2-8,10,13-14H,9H2,1H3,(H,19,22)/t13-,14+/m1/s1. The van der Waals surface area contributed by atoms with Crippen molar-refractivity contribution in [3.63, 3.8) is 0 Å². The second-order valence-corrected chi connectivity index (χ2v) is 5.80. The van der Waals surface area contributed by atoms with Crippen LogP contribution in [0, 0.1) is 5.92 Å². The fraction of sp³-hybridized carbons (Fsp3) is 0.235. The molecule has 1 aliphatic carbocycles. The molecule has 0 unspecified atom stereocenters. The molecule has 116 valence electrons. The molecule has 1 aliphatic rings. The van der Waals surface area contributed by atoms with Crippen LogP contribution in [0.4, 0.5) is 5.69 Å². The van der Waals surface area contributed by atoms with Crippen molar-refractivity contribution in [2.24, 2.45) is 13.0 Å². The van der Waals surface area contributed by atoms with E-state index in [1.807, 2.05) is 48.0 Å². The summed E-state index contributed by atoms with van der Waals surface area (Å²) in [7, 11) is 1.89. The molecule has 6 heteroatoms. The molecule has 0 bridgehead atoms. The van der Waals surface area contributed by atoms with Crippen LogP contribution >= 0.6 is 0 Å². The van der Waals surface area contributed by atoms with Crippen LogP contribution in [0.2, 0.25) is 0 Å². The molecule has 0 aliphatic heterocycles. The summed E-state index contributed by atoms with van der Waals surface area (Å²) in [4.78, 5) is 12.4. The number of carbonyl (C=O) groups excluding carboxylic acids is 1. The first kappa shape index (κ1) is 13.8. The lowest BCUT2D eigenvalue weighted by molar-refractivity contribution is -0.117. The quantitative estimate of drug-likeness (QED) is 0.804. The van der Waals surface area contributed by atoms with E-state index in [4.69, 9.17) is 4.42 Å². The van der Waals surface area contributed by atoms with Crippen LogP contribution in [0.15, 0.2) is 53.4 Å². The Bertz CT molecular complexity index is 838. The molecule has 1 N–H and O–H groups in total. The maximum Gasteiger partial charge on any atom is 0.228 e. The summed E-state index contributed by atoms with van der Waals surface area (Å²) in [5, 5.41) is 10.9. The van der Waals surface area contributed by atoms with Gasteiger partial charge in [0.1, 0.15) is 12.1 Å². The van der Waals surface area contributed by atoms with Gasteiger partial charge in [-0.05, 0) is 30.7 Å². The number of benzene rings is 1. The fourth-order valence-corrected chi connectivity index (χ4v) is 2.82. The highest BCUT2D eigenvalue weighted by molar-refractivity contribution is 5.95. The van der Waals surface area contributed by atoms with Gasteiger partial charge >= 0.3 is 0 Å². The number of aromatic nitrogens is 3. The number of aryl methyl sites for hydroxylation is 1. The van der Waals surface area contributed by atoms with Crippen molar-refractivity contribution in [2.75, 3.05) is 5.32 Å². The minimum absolute atomic E-state index is 0.0142. The minimum atomic E-state index is -0.0142. The monoisotopic (exact) mass is 308 g/mol. The zero-order chi connectivity index (χ0) is 15.8. The van der Waals surface area contributed by atoms with E-state index in [1.165, 1.54) is 0 Å². The Labute approximate surface area is 133 Å². The van der Waals surface area contributed by atoms with Crippen LogP contribution in [0.1, 0.15) is 18.1 Å². The highest BCUT2D eigenvalue weighted by Crippen LogP contribution is 2.48. The number of amides is 1. The molecule has 4 rings (SSSR count). The third-order valence-electron chi connectivity index (χ3n) is 4.14. The lowest BCUT2D eigenvalue weighted by atomic mass is 10.1. The number of carbonyl (C=O) groups is 1. The summed E-state index contributed by atoms with van der Waals surface area (Å²) in [6, 6.07) is 11.4. The molecule has 0 radical (unpaired) electrons. The summed E-state index contributed by atoms with van der Waals surface area (Å²) in [6.45, 7) is 0. The van der Waals surface area contributed by atoms with Crippen LogP contribution in [0.3, 0.4) is 0 Å². The van der Waals surface area contributed by atoms with Crippen molar-refractivity contribution in [1.29, 1.82) is 0 Å². The molecular formula is C17H16N4O2. The summed E-state index contributed by atoms with van der Waals surface area (Å²) in [5.74, 6) is 1.87. The lowest BCUT2D eigenvalue weighted by Gasteiger charge is -2.07. The predicted molar refractivity (Wildman–Crippen MR) is 84.6 cm³/mol. The van der Waals surface area contributed by atoms with Gasteiger partial charge in [-0.2, -0.15) is 0 Å². The Morgan fingerprint density at radius 3 is 3.00 bits per heavy atom. The molecular weight excluding hydrogens is 292 g/mol. The van der Waals surface area contributed by atoms with Crippen molar-refractivity contribution in [1.82, 2.24) is 14.8 Å². The van der Waals surface area contributed by atoms with Gasteiger partial charge in [0.15, 0.2) is 5.82 Å². The number of furan rings is 1. The maximum absolute atomic E-state index is 12.4. The smallest absolute Gasteiger partial charge is 0.228 e. The Balaban J connectivity index is 1.47. The van der Waals surface area contributed by atoms with Gasteiger partial charge in [-0.3, -0.25) is 4.79 Å². The Hall–Kier alpha value is -2.89. The number of rotatable bonds is 4. The molecule has 23 heavy (non-hydrogen) atoms. The predicted octanol–water partition coefficient (Wildman–Crippen LogP) is 2.82. The second-order valence-electron chi connectivity index (χ2n) is 5.80. The highest BCUT2D eigenvalue weighted by atomic mass is 16.3. The maximum atomic E-state index is 12.4. The molecule has 1 amide bonds. The van der Waals surface area contributed by atoms with Gasteiger partial charge in [0.05, 0.1) is 6.26 Å². The third-order valence-corrected chi connectivity index (χ3v) is 4.14. The van der Waals surface area contributed by atoms with Gasteiger partial charge in [-0.15, -0.1) is 10.2 Å². The van der Waals surface area contributed by atoms with E-state index in [2.05, 4.69) is 15.5 Å². The Kier molecular flexibility index (Phi) is 3.22. The Morgan fingerprint density at radius 2 is 2.26 bits per heavy atom. The topological polar surface area (TPSA) is 73.0 Å². The van der Waals surface area contributed by atoms with Crippen molar-refractivity contribution in [3.8, 4) is 11.4 Å². The molecule has 1 fully saturated rings. The van der Waals surface area contributed by atoms with E-state index in [-0.39, 0.29) is 17.7 Å². The summed E-state index contributed by atoms with van der Waals surface area (Å²) in [6.07, 6.45) is 4.13. The number of hydrogen-bond donors (Lipinski definition) is 1. The molecule has 3 aromatic rings. The van der Waals surface area contributed by atoms with Gasteiger partial charge in [0.25, 0.3) is 0 Å². The van der Waals surface area contributed by atoms with Crippen LogP contribution in [0.5, 0.6) is 0 Å². The number of nitrogens with one attached hydrogen (secondary N) is 1. The highest BCUT2D eigenvalue weighted by Gasteiger charge is 2.45. The number of anilines is 1. The van der Waals surface area contributed by atoms with Crippen LogP contribution in [-0.4, -0.2) is 20.7 Å². The lowest BCUT2D eigenvalue weighted by Crippen LogP contribution is -2.14. The van der Waals surface area contributed by atoms with E-state index in [0.717, 1.165) is 29.3 Å². The molecule has 0 saturated heterocycles. The molecule has 0 spiro atoms. The van der Waals surface area contributed by atoms with Crippen molar-refractivity contribution < 1.29 is 9.21 Å². The van der Waals surface area contributed by atoms with Gasteiger partial charge < -0.3 is 14.3 Å². The first-order valence-corrected chi connectivity index (χ1v) is 7.51. The van der Waals surface area contributed by atoms with Crippen molar-refractivity contribution in [2.45, 2.75) is 12.3 Å². The Morgan fingerprint density at radius 1 is 1.35 bits per heavy atom. The normalized spacial score (nSPS) is 19.5. The average Bonchev–Trinajstić information content (AvgIpc) is 2.95. The van der Waals surface area contributed by atoms with Crippen LogP contribution < -0.4 is 5.32 Å². The van der Waals surface area contributed by atoms with E-state index in [1.54, 1.807) is 12.6 Å². The molecule has 2 heterocycles. The molecule has 2 atom stereocenters. The van der Waals surface area contributed by atoms with Crippen molar-refractivity contribution in [3.05, 3.63) is 54.7 Å². The second kappa shape index (κ2) is 5.39. The zero-order valence-electron chi connectivity index (χ0n) is 12.6. The molecule has 1 aromatic carbocycles. The summed E-state index contributed by atoms with van der Waals surface area (Å²) < 4.78 is 7.21. The van der Waals surface area contributed by atoms with E-state index >= 15 is 0 Å². The van der Waals surface area contributed by atoms with Crippen molar-refractivity contribution >= 4 is 11.6 Å². The molecule has 1 saturated carbocycles. The molecule has 2 aromatic heterocycles. The molecule has 6 nitrogen and oxygen atoms in total. The zero-order valence-corrected chi connectivity index (χ0v) is 12.6. The number of nitrogens with zero attached hydrogens (tertiary/aromatic N) is 3. The van der Waals surface area contributed by atoms with Gasteiger partial charge in [0, 0.05) is 30.1 Å². The average molecular weight is 308 g/mol. The van der Waals surface area contributed by atoms with Gasteiger partial charge in [-0.1, -0.05) is 12.1 Å². The minimum Gasteiger partial charge on any atom is -0.469 e. The fourth-order valence-electron chi connectivity index (χ4n) is 2.82. The van der Waals surface area contributed by atoms with Crippen LogP contribution in [-0.2, 0) is 11.8 Å². The summed E-state index contributed by atoms with van der Waals surface area (Å²) in [5.41, 5.74) is 1.68. The first-order valence-electron chi connectivity index (χ1n) is 7.51. The van der Waals surface area contributed by atoms with E-state index in [0.29, 0.717) is 0 Å². The van der Waals surface area contributed by atoms with Crippen LogP contribution in [0.25, 0.3) is 11.4 Å².